The highest BCUT2D eigenvalue weighted by atomic mass is 32.1. The van der Waals surface area contributed by atoms with Crippen molar-refractivity contribution >= 4 is 17.3 Å². The van der Waals surface area contributed by atoms with Crippen LogP contribution in [0.4, 0.5) is 0 Å². The summed E-state index contributed by atoms with van der Waals surface area (Å²) in [5.74, 6) is -0.280. The largest absolute Gasteiger partial charge is 0.466 e. The van der Waals surface area contributed by atoms with Gasteiger partial charge < -0.3 is 9.84 Å². The van der Waals surface area contributed by atoms with E-state index in [0.29, 0.717) is 17.3 Å². The van der Waals surface area contributed by atoms with Crippen LogP contribution < -0.4 is 0 Å². The Labute approximate surface area is 80.2 Å². The smallest absolute Gasteiger partial charge is 0.311 e. The van der Waals surface area contributed by atoms with Crippen LogP contribution in [-0.4, -0.2) is 22.7 Å². The van der Waals surface area contributed by atoms with E-state index in [2.05, 4.69) is 4.98 Å². The van der Waals surface area contributed by atoms with Crippen molar-refractivity contribution in [2.45, 2.75) is 20.0 Å². The van der Waals surface area contributed by atoms with Gasteiger partial charge in [-0.2, -0.15) is 0 Å². The van der Waals surface area contributed by atoms with Gasteiger partial charge in [-0.1, -0.05) is 0 Å². The van der Waals surface area contributed by atoms with Crippen LogP contribution in [-0.2, 0) is 22.6 Å². The van der Waals surface area contributed by atoms with E-state index in [-0.39, 0.29) is 19.0 Å². The SMILES string of the molecule is CCOC(=O)Cc1csc(CO)n1. The second-order valence-electron chi connectivity index (χ2n) is 2.37. The first-order valence-electron chi connectivity index (χ1n) is 3.96. The van der Waals surface area contributed by atoms with Gasteiger partial charge in [0.25, 0.3) is 0 Å². The van der Waals surface area contributed by atoms with Crippen molar-refractivity contribution in [2.75, 3.05) is 6.61 Å². The van der Waals surface area contributed by atoms with Crippen LogP contribution in [0.5, 0.6) is 0 Å². The summed E-state index contributed by atoms with van der Waals surface area (Å²) in [5.41, 5.74) is 0.660. The fraction of sp³-hybridized carbons (Fsp3) is 0.500. The molecule has 0 radical (unpaired) electrons. The molecular formula is C8H11NO3S. The predicted molar refractivity (Wildman–Crippen MR) is 48.4 cm³/mol. The van der Waals surface area contributed by atoms with Gasteiger partial charge >= 0.3 is 5.97 Å². The summed E-state index contributed by atoms with van der Waals surface area (Å²) >= 11 is 1.34. The number of hydrogen-bond donors (Lipinski definition) is 1. The molecular weight excluding hydrogens is 190 g/mol. The Kier molecular flexibility index (Phi) is 3.85. The normalized spacial score (nSPS) is 10.0. The first-order chi connectivity index (χ1) is 6.26. The minimum Gasteiger partial charge on any atom is -0.466 e. The van der Waals surface area contributed by atoms with Gasteiger partial charge in [0.05, 0.1) is 25.3 Å². The van der Waals surface area contributed by atoms with Crippen molar-refractivity contribution in [3.63, 3.8) is 0 Å². The zero-order chi connectivity index (χ0) is 9.68. The third-order valence-electron chi connectivity index (χ3n) is 1.37. The molecule has 0 aliphatic carbocycles. The first-order valence-corrected chi connectivity index (χ1v) is 4.84. The van der Waals surface area contributed by atoms with Gasteiger partial charge in [-0.15, -0.1) is 11.3 Å². The van der Waals surface area contributed by atoms with E-state index in [1.54, 1.807) is 12.3 Å². The summed E-state index contributed by atoms with van der Waals surface area (Å²) < 4.78 is 4.75. The van der Waals surface area contributed by atoms with Crippen LogP contribution in [0.15, 0.2) is 5.38 Å². The Bertz CT molecular complexity index is 285. The van der Waals surface area contributed by atoms with Crippen LogP contribution in [0.25, 0.3) is 0 Å². The van der Waals surface area contributed by atoms with Gasteiger partial charge in [0.15, 0.2) is 0 Å². The highest BCUT2D eigenvalue weighted by Crippen LogP contribution is 2.10. The van der Waals surface area contributed by atoms with E-state index in [1.807, 2.05) is 0 Å². The minimum atomic E-state index is -0.280. The molecule has 0 spiro atoms. The van der Waals surface area contributed by atoms with Crippen molar-refractivity contribution in [2.24, 2.45) is 0 Å². The topological polar surface area (TPSA) is 59.4 Å². The minimum absolute atomic E-state index is 0.0759. The Morgan fingerprint density at radius 2 is 2.54 bits per heavy atom. The van der Waals surface area contributed by atoms with E-state index in [9.17, 15) is 4.79 Å². The maximum Gasteiger partial charge on any atom is 0.311 e. The van der Waals surface area contributed by atoms with Gasteiger partial charge in [0, 0.05) is 5.38 Å². The number of aliphatic hydroxyl groups is 1. The molecule has 5 heteroatoms. The maximum atomic E-state index is 11.0. The van der Waals surface area contributed by atoms with Crippen LogP contribution in [0.1, 0.15) is 17.6 Å². The number of carbonyl (C=O) groups excluding carboxylic acids is 1. The van der Waals surface area contributed by atoms with E-state index < -0.39 is 0 Å². The molecule has 1 aromatic heterocycles. The zero-order valence-electron chi connectivity index (χ0n) is 7.32. The van der Waals surface area contributed by atoms with Gasteiger partial charge in [-0.25, -0.2) is 4.98 Å². The van der Waals surface area contributed by atoms with Crippen molar-refractivity contribution in [1.82, 2.24) is 4.98 Å². The predicted octanol–water partition coefficient (Wildman–Crippen LogP) is 0.741. The first kappa shape index (κ1) is 10.1. The number of rotatable bonds is 4. The van der Waals surface area contributed by atoms with Gasteiger partial charge in [-0.05, 0) is 6.92 Å². The van der Waals surface area contributed by atoms with Gasteiger partial charge in [0.1, 0.15) is 5.01 Å². The number of nitrogens with zero attached hydrogens (tertiary/aromatic N) is 1. The number of aliphatic hydroxyl groups excluding tert-OH is 1. The number of hydrogen-bond acceptors (Lipinski definition) is 5. The quantitative estimate of drug-likeness (QED) is 0.730. The molecule has 1 rings (SSSR count). The molecule has 0 unspecified atom stereocenters. The standard InChI is InChI=1S/C8H11NO3S/c1-2-12-8(11)3-6-5-13-7(4-10)9-6/h5,10H,2-4H2,1H3. The molecule has 0 aromatic carbocycles. The monoisotopic (exact) mass is 201 g/mol. The average molecular weight is 201 g/mol. The summed E-state index contributed by atoms with van der Waals surface area (Å²) in [4.78, 5) is 15.0. The summed E-state index contributed by atoms with van der Waals surface area (Å²) in [7, 11) is 0. The van der Waals surface area contributed by atoms with Gasteiger partial charge in [-0.3, -0.25) is 4.79 Å². The van der Waals surface area contributed by atoms with Crippen LogP contribution in [0.2, 0.25) is 0 Å². The Hall–Kier alpha value is -0.940. The fourth-order valence-electron chi connectivity index (χ4n) is 0.863. The summed E-state index contributed by atoms with van der Waals surface area (Å²) in [6.45, 7) is 2.07. The van der Waals surface area contributed by atoms with Crippen LogP contribution in [0.3, 0.4) is 0 Å². The number of carbonyl (C=O) groups is 1. The molecule has 0 atom stereocenters. The highest BCUT2D eigenvalue weighted by molar-refractivity contribution is 7.09. The summed E-state index contributed by atoms with van der Waals surface area (Å²) in [6, 6.07) is 0. The Balaban J connectivity index is 2.49. The van der Waals surface area contributed by atoms with E-state index in [4.69, 9.17) is 9.84 Å². The number of esters is 1. The molecule has 0 aliphatic heterocycles. The van der Waals surface area contributed by atoms with Crippen LogP contribution >= 0.6 is 11.3 Å². The number of ether oxygens (including phenoxy) is 1. The third-order valence-corrected chi connectivity index (χ3v) is 2.25. The van der Waals surface area contributed by atoms with Crippen molar-refractivity contribution in [1.29, 1.82) is 0 Å². The van der Waals surface area contributed by atoms with E-state index in [0.717, 1.165) is 0 Å². The summed E-state index contributed by atoms with van der Waals surface area (Å²) in [6.07, 6.45) is 0.185. The second kappa shape index (κ2) is 4.94. The lowest BCUT2D eigenvalue weighted by molar-refractivity contribution is -0.142. The molecule has 0 fully saturated rings. The molecule has 1 aromatic rings. The van der Waals surface area contributed by atoms with E-state index in [1.165, 1.54) is 11.3 Å². The van der Waals surface area contributed by atoms with Crippen LogP contribution in [0, 0.1) is 0 Å². The molecule has 13 heavy (non-hydrogen) atoms. The average Bonchev–Trinajstić information content (AvgIpc) is 2.52. The molecule has 0 amide bonds. The fourth-order valence-corrected chi connectivity index (χ4v) is 1.52. The molecule has 0 saturated carbocycles. The molecule has 0 bridgehead atoms. The molecule has 4 nitrogen and oxygen atoms in total. The molecule has 1 N–H and O–H groups in total. The highest BCUT2D eigenvalue weighted by Gasteiger charge is 2.07. The summed E-state index contributed by atoms with van der Waals surface area (Å²) in [5, 5.41) is 11.1. The lowest BCUT2D eigenvalue weighted by atomic mass is 10.3. The van der Waals surface area contributed by atoms with Gasteiger partial charge in [0.2, 0.25) is 0 Å². The Morgan fingerprint density at radius 1 is 1.77 bits per heavy atom. The maximum absolute atomic E-state index is 11.0. The number of aromatic nitrogens is 1. The molecule has 0 saturated heterocycles. The lowest BCUT2D eigenvalue weighted by Gasteiger charge is -1.97. The van der Waals surface area contributed by atoms with Crippen molar-refractivity contribution in [3.8, 4) is 0 Å². The number of thiazole rings is 1. The van der Waals surface area contributed by atoms with Crippen molar-refractivity contribution < 1.29 is 14.6 Å². The second-order valence-corrected chi connectivity index (χ2v) is 3.32. The molecule has 1 heterocycles. The third kappa shape index (κ3) is 3.12. The van der Waals surface area contributed by atoms with E-state index >= 15 is 0 Å². The van der Waals surface area contributed by atoms with Crippen molar-refractivity contribution in [3.05, 3.63) is 16.1 Å². The Morgan fingerprint density at radius 3 is 3.08 bits per heavy atom. The molecule has 0 aliphatic rings. The lowest BCUT2D eigenvalue weighted by Crippen LogP contribution is -2.07. The molecule has 72 valence electrons. The zero-order valence-corrected chi connectivity index (χ0v) is 8.13.